The van der Waals surface area contributed by atoms with Gasteiger partial charge in [0.05, 0.1) is 0 Å². The van der Waals surface area contributed by atoms with Crippen LogP contribution in [0.15, 0.2) is 81.6 Å². The number of anilines is 2. The number of hydrogen-bond acceptors (Lipinski definition) is 4. The van der Waals surface area contributed by atoms with E-state index in [9.17, 15) is 0 Å². The first-order valence-corrected chi connectivity index (χ1v) is 7.61. The van der Waals surface area contributed by atoms with Gasteiger partial charge >= 0.3 is 0 Å². The van der Waals surface area contributed by atoms with Gasteiger partial charge in [-0.25, -0.2) is 0 Å². The zero-order valence-corrected chi connectivity index (χ0v) is 12.9. The zero-order chi connectivity index (χ0) is 16.5. The SMILES string of the molecule is Nc1ccc(-c2ccc(-c3ccc(-c4ccc(N)cc4)o3)o2)cc1. The van der Waals surface area contributed by atoms with Crippen LogP contribution in [0.25, 0.3) is 34.2 Å². The monoisotopic (exact) mass is 316 g/mol. The first-order chi connectivity index (χ1) is 11.7. The van der Waals surface area contributed by atoms with Crippen LogP contribution in [0.4, 0.5) is 11.4 Å². The molecular formula is C20H16N2O2. The van der Waals surface area contributed by atoms with Gasteiger partial charge in [-0.15, -0.1) is 0 Å². The maximum atomic E-state index is 5.91. The molecule has 4 rings (SSSR count). The molecule has 118 valence electrons. The van der Waals surface area contributed by atoms with Crippen LogP contribution < -0.4 is 11.5 Å². The van der Waals surface area contributed by atoms with Gasteiger partial charge in [-0.3, -0.25) is 0 Å². The fourth-order valence-corrected chi connectivity index (χ4v) is 2.55. The summed E-state index contributed by atoms with van der Waals surface area (Å²) in [4.78, 5) is 0. The largest absolute Gasteiger partial charge is 0.453 e. The summed E-state index contributed by atoms with van der Waals surface area (Å²) < 4.78 is 11.8. The summed E-state index contributed by atoms with van der Waals surface area (Å²) in [5.74, 6) is 2.91. The lowest BCUT2D eigenvalue weighted by molar-refractivity contribution is 0.539. The van der Waals surface area contributed by atoms with Gasteiger partial charge < -0.3 is 20.3 Å². The minimum Gasteiger partial charge on any atom is -0.453 e. The van der Waals surface area contributed by atoms with Crippen molar-refractivity contribution in [3.63, 3.8) is 0 Å². The Morgan fingerprint density at radius 2 is 0.750 bits per heavy atom. The highest BCUT2D eigenvalue weighted by Crippen LogP contribution is 2.32. The predicted octanol–water partition coefficient (Wildman–Crippen LogP) is 5.04. The number of nitrogen functional groups attached to an aromatic ring is 2. The molecule has 2 aromatic heterocycles. The first kappa shape index (κ1) is 14.2. The molecule has 0 unspecified atom stereocenters. The minimum absolute atomic E-state index is 0.684. The Bertz CT molecular complexity index is 882. The Morgan fingerprint density at radius 1 is 0.417 bits per heavy atom. The van der Waals surface area contributed by atoms with Crippen molar-refractivity contribution in [3.05, 3.63) is 72.8 Å². The fraction of sp³-hybridized carbons (Fsp3) is 0. The predicted molar refractivity (Wildman–Crippen MR) is 96.1 cm³/mol. The van der Waals surface area contributed by atoms with E-state index in [-0.39, 0.29) is 0 Å². The molecule has 0 aliphatic heterocycles. The lowest BCUT2D eigenvalue weighted by atomic mass is 10.1. The molecule has 4 N–H and O–H groups in total. The van der Waals surface area contributed by atoms with E-state index in [1.165, 1.54) is 0 Å². The van der Waals surface area contributed by atoms with Crippen LogP contribution in [0.3, 0.4) is 0 Å². The van der Waals surface area contributed by atoms with Crippen LogP contribution >= 0.6 is 0 Å². The van der Waals surface area contributed by atoms with E-state index in [0.29, 0.717) is 11.5 Å². The highest BCUT2D eigenvalue weighted by atomic mass is 16.4. The Hall–Kier alpha value is -3.40. The average molecular weight is 316 g/mol. The third-order valence-electron chi connectivity index (χ3n) is 3.85. The van der Waals surface area contributed by atoms with Gasteiger partial charge in [0.15, 0.2) is 11.5 Å². The summed E-state index contributed by atoms with van der Waals surface area (Å²) in [6.07, 6.45) is 0. The highest BCUT2D eigenvalue weighted by molar-refractivity contribution is 5.67. The molecule has 24 heavy (non-hydrogen) atoms. The summed E-state index contributed by atoms with van der Waals surface area (Å²) in [6.45, 7) is 0. The van der Waals surface area contributed by atoms with Gasteiger partial charge in [-0.2, -0.15) is 0 Å². The van der Waals surface area contributed by atoms with Crippen LogP contribution in [0.2, 0.25) is 0 Å². The van der Waals surface area contributed by atoms with Gasteiger partial charge in [0.2, 0.25) is 0 Å². The number of rotatable bonds is 3. The van der Waals surface area contributed by atoms with Gasteiger partial charge in [0.25, 0.3) is 0 Å². The second kappa shape index (κ2) is 5.66. The maximum Gasteiger partial charge on any atom is 0.170 e. The second-order valence-electron chi connectivity index (χ2n) is 5.57. The lowest BCUT2D eigenvalue weighted by Gasteiger charge is -1.99. The quantitative estimate of drug-likeness (QED) is 0.519. The van der Waals surface area contributed by atoms with Crippen molar-refractivity contribution < 1.29 is 8.83 Å². The van der Waals surface area contributed by atoms with Gasteiger partial charge in [0, 0.05) is 22.5 Å². The molecule has 4 aromatic rings. The van der Waals surface area contributed by atoms with Crippen molar-refractivity contribution in [1.29, 1.82) is 0 Å². The smallest absolute Gasteiger partial charge is 0.170 e. The number of nitrogens with two attached hydrogens (primary N) is 2. The van der Waals surface area contributed by atoms with Crippen molar-refractivity contribution in [3.8, 4) is 34.2 Å². The molecule has 4 nitrogen and oxygen atoms in total. The molecular weight excluding hydrogens is 300 g/mol. The Labute approximate surface area is 139 Å². The van der Waals surface area contributed by atoms with Crippen LogP contribution in [-0.4, -0.2) is 0 Å². The van der Waals surface area contributed by atoms with Gasteiger partial charge in [-0.1, -0.05) is 0 Å². The van der Waals surface area contributed by atoms with Crippen molar-refractivity contribution in [1.82, 2.24) is 0 Å². The number of hydrogen-bond donors (Lipinski definition) is 2. The molecule has 0 amide bonds. The molecule has 0 saturated heterocycles. The molecule has 2 aromatic carbocycles. The van der Waals surface area contributed by atoms with Crippen LogP contribution in [0, 0.1) is 0 Å². The highest BCUT2D eigenvalue weighted by Gasteiger charge is 2.11. The minimum atomic E-state index is 0.684. The van der Waals surface area contributed by atoms with Crippen molar-refractivity contribution in [2.24, 2.45) is 0 Å². The summed E-state index contributed by atoms with van der Waals surface area (Å²) in [7, 11) is 0. The maximum absolute atomic E-state index is 5.91. The standard InChI is InChI=1S/C20H16N2O2/c21-15-5-1-13(2-6-15)17-9-11-19(23-17)20-12-10-18(24-20)14-3-7-16(22)8-4-14/h1-12H,21-22H2. The first-order valence-electron chi connectivity index (χ1n) is 7.61. The molecule has 0 atom stereocenters. The van der Waals surface area contributed by atoms with Crippen LogP contribution in [-0.2, 0) is 0 Å². The lowest BCUT2D eigenvalue weighted by Crippen LogP contribution is -1.82. The summed E-state index contributed by atoms with van der Waals surface area (Å²) in [5.41, 5.74) is 14.8. The average Bonchev–Trinajstić information content (AvgIpc) is 3.25. The topological polar surface area (TPSA) is 78.3 Å². The van der Waals surface area contributed by atoms with Gasteiger partial charge in [-0.05, 0) is 72.8 Å². The molecule has 0 radical (unpaired) electrons. The van der Waals surface area contributed by atoms with Gasteiger partial charge in [0.1, 0.15) is 11.5 Å². The normalized spacial score (nSPS) is 10.8. The van der Waals surface area contributed by atoms with E-state index in [4.69, 9.17) is 20.3 Å². The molecule has 2 heterocycles. The molecule has 0 fully saturated rings. The Morgan fingerprint density at radius 3 is 1.12 bits per heavy atom. The van der Waals surface area contributed by atoms with E-state index in [1.54, 1.807) is 0 Å². The van der Waals surface area contributed by atoms with Crippen LogP contribution in [0.5, 0.6) is 0 Å². The molecule has 4 heteroatoms. The number of furan rings is 2. The van der Waals surface area contributed by atoms with Crippen molar-refractivity contribution >= 4 is 11.4 Å². The van der Waals surface area contributed by atoms with E-state index in [1.807, 2.05) is 72.8 Å². The van der Waals surface area contributed by atoms with E-state index < -0.39 is 0 Å². The van der Waals surface area contributed by atoms with E-state index in [2.05, 4.69) is 0 Å². The fourth-order valence-electron chi connectivity index (χ4n) is 2.55. The molecule has 0 aliphatic rings. The Kier molecular flexibility index (Phi) is 3.35. The van der Waals surface area contributed by atoms with Crippen molar-refractivity contribution in [2.45, 2.75) is 0 Å². The third kappa shape index (κ3) is 2.65. The van der Waals surface area contributed by atoms with Crippen molar-refractivity contribution in [2.75, 3.05) is 11.5 Å². The van der Waals surface area contributed by atoms with Crippen LogP contribution in [0.1, 0.15) is 0 Å². The third-order valence-corrected chi connectivity index (χ3v) is 3.85. The van der Waals surface area contributed by atoms with E-state index in [0.717, 1.165) is 34.0 Å². The summed E-state index contributed by atoms with van der Waals surface area (Å²) in [5, 5.41) is 0. The summed E-state index contributed by atoms with van der Waals surface area (Å²) >= 11 is 0. The zero-order valence-electron chi connectivity index (χ0n) is 12.9. The van der Waals surface area contributed by atoms with E-state index >= 15 is 0 Å². The second-order valence-corrected chi connectivity index (χ2v) is 5.57. The molecule has 0 bridgehead atoms. The Balaban J connectivity index is 1.63. The summed E-state index contributed by atoms with van der Waals surface area (Å²) in [6, 6.07) is 22.8. The number of benzene rings is 2. The molecule has 0 saturated carbocycles. The molecule has 0 aliphatic carbocycles. The molecule has 0 spiro atoms.